The summed E-state index contributed by atoms with van der Waals surface area (Å²) in [6, 6.07) is 11.2. The Morgan fingerprint density at radius 2 is 1.76 bits per heavy atom. The molecule has 0 spiro atoms. The van der Waals surface area contributed by atoms with Crippen molar-refractivity contribution < 1.29 is 0 Å². The Kier molecular flexibility index (Phi) is 7.29. The average molecular weight is 287 g/mol. The van der Waals surface area contributed by atoms with Crippen molar-refractivity contribution >= 4 is 0 Å². The van der Waals surface area contributed by atoms with Gasteiger partial charge in [-0.15, -0.1) is 0 Å². The van der Waals surface area contributed by atoms with Crippen LogP contribution in [0.15, 0.2) is 30.3 Å². The Labute approximate surface area is 131 Å². The molecule has 1 fully saturated rings. The van der Waals surface area contributed by atoms with Gasteiger partial charge < -0.3 is 5.32 Å². The largest absolute Gasteiger partial charge is 0.316 e. The molecule has 2 rings (SSSR count). The second-order valence-corrected chi connectivity index (χ2v) is 6.76. The van der Waals surface area contributed by atoms with Crippen molar-refractivity contribution in [3.8, 4) is 0 Å². The van der Waals surface area contributed by atoms with E-state index in [9.17, 15) is 0 Å². The van der Waals surface area contributed by atoms with E-state index >= 15 is 0 Å². The van der Waals surface area contributed by atoms with Gasteiger partial charge in [-0.2, -0.15) is 0 Å². The standard InChI is InChI=1S/C20H33N/c1-3-14-21-16-20(18-11-6-5-7-12-18)15-19-13-9-8-10-17(19)4-2/h5-7,11-12,17,19-21H,3-4,8-10,13-16H2,1-2H3. The molecular weight excluding hydrogens is 254 g/mol. The molecule has 1 N–H and O–H groups in total. The highest BCUT2D eigenvalue weighted by atomic mass is 14.8. The second-order valence-electron chi connectivity index (χ2n) is 6.76. The molecule has 1 aliphatic rings. The Morgan fingerprint density at radius 1 is 1.05 bits per heavy atom. The van der Waals surface area contributed by atoms with Crippen LogP contribution in [0.3, 0.4) is 0 Å². The van der Waals surface area contributed by atoms with Crippen molar-refractivity contribution in [3.63, 3.8) is 0 Å². The first-order valence-corrected chi connectivity index (χ1v) is 9.10. The highest BCUT2D eigenvalue weighted by Crippen LogP contribution is 2.38. The zero-order valence-corrected chi connectivity index (χ0v) is 14.0. The van der Waals surface area contributed by atoms with Crippen LogP contribution in [0.4, 0.5) is 0 Å². The van der Waals surface area contributed by atoms with Crippen molar-refractivity contribution in [2.75, 3.05) is 13.1 Å². The van der Waals surface area contributed by atoms with Gasteiger partial charge in [-0.3, -0.25) is 0 Å². The topological polar surface area (TPSA) is 12.0 Å². The molecule has 1 aliphatic carbocycles. The van der Waals surface area contributed by atoms with Crippen LogP contribution in [0, 0.1) is 11.8 Å². The SMILES string of the molecule is CCCNCC(CC1CCCCC1CC)c1ccccc1. The first-order chi connectivity index (χ1) is 10.3. The van der Waals surface area contributed by atoms with E-state index in [0.29, 0.717) is 5.92 Å². The maximum atomic E-state index is 3.66. The summed E-state index contributed by atoms with van der Waals surface area (Å²) in [4.78, 5) is 0. The Hall–Kier alpha value is -0.820. The van der Waals surface area contributed by atoms with E-state index in [1.165, 1.54) is 50.5 Å². The van der Waals surface area contributed by atoms with Gasteiger partial charge in [-0.1, -0.05) is 76.3 Å². The van der Waals surface area contributed by atoms with Gasteiger partial charge in [0.2, 0.25) is 0 Å². The first kappa shape index (κ1) is 16.5. The monoisotopic (exact) mass is 287 g/mol. The summed E-state index contributed by atoms with van der Waals surface area (Å²) in [5.74, 6) is 2.60. The van der Waals surface area contributed by atoms with Crippen LogP contribution >= 0.6 is 0 Å². The predicted octanol–water partition coefficient (Wildman–Crippen LogP) is 5.38. The molecule has 1 aromatic rings. The van der Waals surface area contributed by atoms with Gasteiger partial charge in [0.1, 0.15) is 0 Å². The molecule has 1 saturated carbocycles. The fraction of sp³-hybridized carbons (Fsp3) is 0.700. The molecule has 0 amide bonds. The Morgan fingerprint density at radius 3 is 2.43 bits per heavy atom. The molecule has 0 bridgehead atoms. The average Bonchev–Trinajstić information content (AvgIpc) is 2.55. The molecule has 0 aliphatic heterocycles. The molecule has 3 atom stereocenters. The Bertz CT molecular complexity index is 373. The van der Waals surface area contributed by atoms with Crippen LogP contribution in [0.2, 0.25) is 0 Å². The minimum atomic E-state index is 0.690. The molecular formula is C20H33N. The van der Waals surface area contributed by atoms with E-state index in [1.54, 1.807) is 0 Å². The van der Waals surface area contributed by atoms with Crippen molar-refractivity contribution in [3.05, 3.63) is 35.9 Å². The summed E-state index contributed by atoms with van der Waals surface area (Å²) in [6.07, 6.45) is 9.79. The van der Waals surface area contributed by atoms with Gasteiger partial charge in [0, 0.05) is 6.54 Å². The molecule has 3 unspecified atom stereocenters. The second kappa shape index (κ2) is 9.25. The van der Waals surface area contributed by atoms with Crippen LogP contribution in [-0.4, -0.2) is 13.1 Å². The first-order valence-electron chi connectivity index (χ1n) is 9.10. The van der Waals surface area contributed by atoms with Crippen molar-refractivity contribution in [2.24, 2.45) is 11.8 Å². The van der Waals surface area contributed by atoms with Crippen LogP contribution in [-0.2, 0) is 0 Å². The lowest BCUT2D eigenvalue weighted by atomic mass is 9.73. The molecule has 0 radical (unpaired) electrons. The third-order valence-corrected chi connectivity index (χ3v) is 5.27. The van der Waals surface area contributed by atoms with E-state index in [4.69, 9.17) is 0 Å². The third kappa shape index (κ3) is 5.14. The molecule has 0 saturated heterocycles. The summed E-state index contributed by atoms with van der Waals surface area (Å²) in [6.45, 7) is 6.92. The minimum Gasteiger partial charge on any atom is -0.316 e. The van der Waals surface area contributed by atoms with Crippen molar-refractivity contribution in [1.29, 1.82) is 0 Å². The summed E-state index contributed by atoms with van der Waals surface area (Å²) in [5.41, 5.74) is 1.53. The van der Waals surface area contributed by atoms with Crippen molar-refractivity contribution in [2.45, 2.75) is 64.7 Å². The van der Waals surface area contributed by atoms with Gasteiger partial charge in [0.05, 0.1) is 0 Å². The van der Waals surface area contributed by atoms with E-state index in [2.05, 4.69) is 49.5 Å². The third-order valence-electron chi connectivity index (χ3n) is 5.27. The lowest BCUT2D eigenvalue weighted by molar-refractivity contribution is 0.205. The highest BCUT2D eigenvalue weighted by molar-refractivity contribution is 5.20. The lowest BCUT2D eigenvalue weighted by Crippen LogP contribution is -2.27. The van der Waals surface area contributed by atoms with Gasteiger partial charge in [0.15, 0.2) is 0 Å². The van der Waals surface area contributed by atoms with E-state index in [1.807, 2.05) is 0 Å². The molecule has 118 valence electrons. The van der Waals surface area contributed by atoms with Crippen LogP contribution < -0.4 is 5.32 Å². The van der Waals surface area contributed by atoms with Crippen molar-refractivity contribution in [1.82, 2.24) is 5.32 Å². The molecule has 0 heterocycles. The molecule has 0 aromatic heterocycles. The highest BCUT2D eigenvalue weighted by Gasteiger charge is 2.26. The molecule has 21 heavy (non-hydrogen) atoms. The van der Waals surface area contributed by atoms with Crippen LogP contribution in [0.25, 0.3) is 0 Å². The maximum absolute atomic E-state index is 3.66. The predicted molar refractivity (Wildman–Crippen MR) is 92.7 cm³/mol. The number of benzene rings is 1. The van der Waals surface area contributed by atoms with E-state index in [-0.39, 0.29) is 0 Å². The normalized spacial score (nSPS) is 23.9. The number of nitrogens with one attached hydrogen (secondary N) is 1. The molecule has 1 aromatic carbocycles. The minimum absolute atomic E-state index is 0.690. The quantitative estimate of drug-likeness (QED) is 0.633. The number of rotatable bonds is 8. The summed E-state index contributed by atoms with van der Waals surface area (Å²) >= 11 is 0. The number of hydrogen-bond donors (Lipinski definition) is 1. The van der Waals surface area contributed by atoms with E-state index in [0.717, 1.165) is 24.9 Å². The number of hydrogen-bond acceptors (Lipinski definition) is 1. The smallest absolute Gasteiger partial charge is 0.00202 e. The van der Waals surface area contributed by atoms with Gasteiger partial charge >= 0.3 is 0 Å². The van der Waals surface area contributed by atoms with Crippen LogP contribution in [0.5, 0.6) is 0 Å². The molecule has 1 heteroatoms. The van der Waals surface area contributed by atoms with E-state index < -0.39 is 0 Å². The Balaban J connectivity index is 2.00. The fourth-order valence-corrected chi connectivity index (χ4v) is 4.01. The zero-order chi connectivity index (χ0) is 14.9. The van der Waals surface area contributed by atoms with Gasteiger partial charge in [-0.25, -0.2) is 0 Å². The molecule has 1 nitrogen and oxygen atoms in total. The zero-order valence-electron chi connectivity index (χ0n) is 14.0. The summed E-state index contributed by atoms with van der Waals surface area (Å²) in [7, 11) is 0. The van der Waals surface area contributed by atoms with Gasteiger partial charge in [-0.05, 0) is 42.7 Å². The lowest BCUT2D eigenvalue weighted by Gasteiger charge is -2.34. The van der Waals surface area contributed by atoms with Gasteiger partial charge in [0.25, 0.3) is 0 Å². The fourth-order valence-electron chi connectivity index (χ4n) is 4.01. The maximum Gasteiger partial charge on any atom is 0.00202 e. The van der Waals surface area contributed by atoms with Crippen LogP contribution in [0.1, 0.15) is 70.3 Å². The summed E-state index contributed by atoms with van der Waals surface area (Å²) in [5, 5.41) is 3.66. The summed E-state index contributed by atoms with van der Waals surface area (Å²) < 4.78 is 0.